The lowest BCUT2D eigenvalue weighted by Gasteiger charge is -2.00. The summed E-state index contributed by atoms with van der Waals surface area (Å²) in [4.78, 5) is 0. The minimum atomic E-state index is 0.276. The summed E-state index contributed by atoms with van der Waals surface area (Å²) in [6.45, 7) is 2.54. The van der Waals surface area contributed by atoms with Crippen molar-refractivity contribution in [1.82, 2.24) is 0 Å². The highest BCUT2D eigenvalue weighted by molar-refractivity contribution is 4.83. The maximum absolute atomic E-state index is 8.73. The van der Waals surface area contributed by atoms with Gasteiger partial charge in [-0.15, -0.1) is 0 Å². The first-order valence-corrected chi connectivity index (χ1v) is 7.14. The van der Waals surface area contributed by atoms with E-state index in [2.05, 4.69) is 6.92 Å². The smallest absolute Gasteiger partial charge is 0.0863 e. The van der Waals surface area contributed by atoms with Gasteiger partial charge in [-0.3, -0.25) is 0 Å². The Labute approximate surface area is 100 Å². The molecule has 96 valence electrons. The van der Waals surface area contributed by atoms with Crippen LogP contribution in [0.15, 0.2) is 0 Å². The highest BCUT2D eigenvalue weighted by atomic mass is 16.6. The monoisotopic (exact) mass is 228 g/mol. The molecule has 1 fully saturated rings. The van der Waals surface area contributed by atoms with Crippen molar-refractivity contribution >= 4 is 0 Å². The van der Waals surface area contributed by atoms with Crippen molar-refractivity contribution in [3.8, 4) is 0 Å². The molecular weight excluding hydrogens is 200 g/mol. The lowest BCUT2D eigenvalue weighted by atomic mass is 10.1. The van der Waals surface area contributed by atoms with Gasteiger partial charge in [-0.05, 0) is 12.8 Å². The molecular formula is C14H28O2. The zero-order chi connectivity index (χ0) is 11.6. The van der Waals surface area contributed by atoms with Crippen LogP contribution in [-0.4, -0.2) is 23.9 Å². The summed E-state index contributed by atoms with van der Waals surface area (Å²) in [5, 5.41) is 8.73. The third-order valence-corrected chi connectivity index (χ3v) is 3.44. The van der Waals surface area contributed by atoms with Crippen LogP contribution in [-0.2, 0) is 4.74 Å². The molecule has 0 bridgehead atoms. The lowest BCUT2D eigenvalue weighted by molar-refractivity contribution is 0.262. The van der Waals surface area contributed by atoms with E-state index in [1.165, 1.54) is 57.8 Å². The highest BCUT2D eigenvalue weighted by Crippen LogP contribution is 2.29. The zero-order valence-electron chi connectivity index (χ0n) is 10.8. The van der Waals surface area contributed by atoms with Crippen molar-refractivity contribution < 1.29 is 9.84 Å². The molecule has 1 rings (SSSR count). The van der Waals surface area contributed by atoms with Crippen molar-refractivity contribution in [1.29, 1.82) is 0 Å². The molecule has 1 N–H and O–H groups in total. The molecule has 0 aromatic carbocycles. The maximum Gasteiger partial charge on any atom is 0.0863 e. The Morgan fingerprint density at radius 2 is 1.38 bits per heavy atom. The quantitative estimate of drug-likeness (QED) is 0.432. The van der Waals surface area contributed by atoms with Crippen LogP contribution in [0.1, 0.15) is 71.1 Å². The second-order valence-corrected chi connectivity index (χ2v) is 4.99. The summed E-state index contributed by atoms with van der Waals surface area (Å²) < 4.78 is 5.46. The van der Waals surface area contributed by atoms with E-state index in [1.807, 2.05) is 0 Å². The number of unbranched alkanes of at least 4 members (excludes halogenated alkanes) is 7. The first kappa shape index (κ1) is 14.0. The van der Waals surface area contributed by atoms with Crippen LogP contribution in [0.25, 0.3) is 0 Å². The number of ether oxygens (including phenoxy) is 1. The van der Waals surface area contributed by atoms with Gasteiger partial charge in [0.1, 0.15) is 0 Å². The number of hydrogen-bond acceptors (Lipinski definition) is 2. The van der Waals surface area contributed by atoms with Crippen LogP contribution in [0.4, 0.5) is 0 Å². The SMILES string of the molecule is CCCCCCCCCCC1OC1CCO. The lowest BCUT2D eigenvalue weighted by Crippen LogP contribution is -1.96. The molecule has 2 nitrogen and oxygen atoms in total. The predicted octanol–water partition coefficient (Wildman–Crippen LogP) is 3.67. The van der Waals surface area contributed by atoms with Gasteiger partial charge in [-0.2, -0.15) is 0 Å². The zero-order valence-corrected chi connectivity index (χ0v) is 10.8. The first-order chi connectivity index (χ1) is 7.88. The van der Waals surface area contributed by atoms with Crippen molar-refractivity contribution in [3.63, 3.8) is 0 Å². The summed E-state index contributed by atoms with van der Waals surface area (Å²) in [6, 6.07) is 0. The molecule has 1 saturated heterocycles. The predicted molar refractivity (Wildman–Crippen MR) is 67.6 cm³/mol. The van der Waals surface area contributed by atoms with E-state index < -0.39 is 0 Å². The van der Waals surface area contributed by atoms with Crippen LogP contribution < -0.4 is 0 Å². The van der Waals surface area contributed by atoms with Gasteiger partial charge in [-0.1, -0.05) is 58.3 Å². The van der Waals surface area contributed by atoms with Gasteiger partial charge in [0.05, 0.1) is 12.2 Å². The molecule has 0 aliphatic carbocycles. The van der Waals surface area contributed by atoms with E-state index in [-0.39, 0.29) is 6.61 Å². The average molecular weight is 228 g/mol. The third-order valence-electron chi connectivity index (χ3n) is 3.44. The Morgan fingerprint density at radius 3 is 2.00 bits per heavy atom. The maximum atomic E-state index is 8.73. The highest BCUT2D eigenvalue weighted by Gasteiger charge is 2.36. The molecule has 0 aromatic heterocycles. The number of epoxide rings is 1. The Balaban J connectivity index is 1.73. The van der Waals surface area contributed by atoms with Crippen molar-refractivity contribution in [2.75, 3.05) is 6.61 Å². The van der Waals surface area contributed by atoms with Gasteiger partial charge in [0.2, 0.25) is 0 Å². The van der Waals surface area contributed by atoms with E-state index in [1.54, 1.807) is 0 Å². The van der Waals surface area contributed by atoms with Crippen molar-refractivity contribution in [2.24, 2.45) is 0 Å². The average Bonchev–Trinajstić information content (AvgIpc) is 3.01. The molecule has 1 heterocycles. The van der Waals surface area contributed by atoms with Gasteiger partial charge < -0.3 is 9.84 Å². The van der Waals surface area contributed by atoms with Gasteiger partial charge >= 0.3 is 0 Å². The van der Waals surface area contributed by atoms with Crippen LogP contribution in [0.2, 0.25) is 0 Å². The fourth-order valence-electron chi connectivity index (χ4n) is 2.29. The van der Waals surface area contributed by atoms with Crippen LogP contribution in [0, 0.1) is 0 Å². The molecule has 2 unspecified atom stereocenters. The van der Waals surface area contributed by atoms with Gasteiger partial charge in [0.15, 0.2) is 0 Å². The molecule has 1 aliphatic heterocycles. The van der Waals surface area contributed by atoms with E-state index in [4.69, 9.17) is 9.84 Å². The summed E-state index contributed by atoms with van der Waals surface area (Å²) in [5.41, 5.74) is 0. The minimum absolute atomic E-state index is 0.276. The van der Waals surface area contributed by atoms with Crippen molar-refractivity contribution in [3.05, 3.63) is 0 Å². The molecule has 0 radical (unpaired) electrons. The largest absolute Gasteiger partial charge is 0.396 e. The fourth-order valence-corrected chi connectivity index (χ4v) is 2.29. The summed E-state index contributed by atoms with van der Waals surface area (Å²) >= 11 is 0. The number of aliphatic hydroxyl groups excluding tert-OH is 1. The summed E-state index contributed by atoms with van der Waals surface area (Å²) in [6.07, 6.45) is 13.9. The molecule has 2 atom stereocenters. The number of hydrogen-bond donors (Lipinski definition) is 1. The Bertz CT molecular complexity index is 159. The van der Waals surface area contributed by atoms with E-state index in [9.17, 15) is 0 Å². The molecule has 1 aliphatic rings. The van der Waals surface area contributed by atoms with Gasteiger partial charge in [-0.25, -0.2) is 0 Å². The van der Waals surface area contributed by atoms with E-state index >= 15 is 0 Å². The van der Waals surface area contributed by atoms with Crippen LogP contribution >= 0.6 is 0 Å². The minimum Gasteiger partial charge on any atom is -0.396 e. The Morgan fingerprint density at radius 1 is 0.812 bits per heavy atom. The Hall–Kier alpha value is -0.0800. The molecule has 16 heavy (non-hydrogen) atoms. The van der Waals surface area contributed by atoms with Crippen molar-refractivity contribution in [2.45, 2.75) is 83.3 Å². The first-order valence-electron chi connectivity index (χ1n) is 7.14. The van der Waals surface area contributed by atoms with Gasteiger partial charge in [0, 0.05) is 6.61 Å². The number of rotatable bonds is 11. The second kappa shape index (κ2) is 9.00. The van der Waals surface area contributed by atoms with Gasteiger partial charge in [0.25, 0.3) is 0 Å². The number of aliphatic hydroxyl groups is 1. The summed E-state index contributed by atoms with van der Waals surface area (Å²) in [5.74, 6) is 0. The van der Waals surface area contributed by atoms with E-state index in [0.29, 0.717) is 12.2 Å². The molecule has 0 aromatic rings. The summed E-state index contributed by atoms with van der Waals surface area (Å²) in [7, 11) is 0. The normalized spacial score (nSPS) is 23.6. The molecule has 2 heteroatoms. The third kappa shape index (κ3) is 6.49. The topological polar surface area (TPSA) is 32.8 Å². The molecule has 0 amide bonds. The standard InChI is InChI=1S/C14H28O2/c1-2-3-4-5-6-7-8-9-10-13-14(16-13)11-12-15/h13-15H,2-12H2,1H3. The Kier molecular flexibility index (Phi) is 7.87. The van der Waals surface area contributed by atoms with Crippen LogP contribution in [0.5, 0.6) is 0 Å². The fraction of sp³-hybridized carbons (Fsp3) is 1.00. The second-order valence-electron chi connectivity index (χ2n) is 4.99. The molecule has 0 spiro atoms. The van der Waals surface area contributed by atoms with Crippen LogP contribution in [0.3, 0.4) is 0 Å². The van der Waals surface area contributed by atoms with E-state index in [0.717, 1.165) is 6.42 Å². The molecule has 0 saturated carbocycles.